The number of aromatic nitrogens is 2. The highest BCUT2D eigenvalue weighted by Gasteiger charge is 2.15. The second-order valence-corrected chi connectivity index (χ2v) is 9.28. The third-order valence-electron chi connectivity index (χ3n) is 5.92. The Hall–Kier alpha value is -4.43. The first kappa shape index (κ1) is 24.3. The Labute approximate surface area is 217 Å². The highest BCUT2D eigenvalue weighted by atomic mass is 32.2. The van der Waals surface area contributed by atoms with Gasteiger partial charge in [-0.25, -0.2) is 10.4 Å². The average Bonchev–Trinajstić information content (AvgIpc) is 2.94. The predicted octanol–water partition coefficient (Wildman–Crippen LogP) is 5.18. The SMILES string of the molecule is COc1ccc(-n2c(SCC(=O)N/N=C(\C)c3ccc4ccccc4c3)nc3ccccc3c2=O)cc1. The van der Waals surface area contributed by atoms with E-state index < -0.39 is 0 Å². The van der Waals surface area contributed by atoms with Crippen molar-refractivity contribution in [1.82, 2.24) is 15.0 Å². The van der Waals surface area contributed by atoms with Crippen LogP contribution >= 0.6 is 11.8 Å². The number of hydrogen-bond acceptors (Lipinski definition) is 6. The van der Waals surface area contributed by atoms with E-state index in [2.05, 4.69) is 21.6 Å². The number of nitrogens with one attached hydrogen (secondary N) is 1. The lowest BCUT2D eigenvalue weighted by molar-refractivity contribution is -0.118. The van der Waals surface area contributed by atoms with Crippen LogP contribution in [-0.2, 0) is 4.79 Å². The lowest BCUT2D eigenvalue weighted by Crippen LogP contribution is -2.24. The molecule has 0 spiro atoms. The molecule has 0 aliphatic heterocycles. The Morgan fingerprint density at radius 2 is 1.70 bits per heavy atom. The Kier molecular flexibility index (Phi) is 7.00. The zero-order valence-corrected chi connectivity index (χ0v) is 21.2. The number of rotatable bonds is 7. The Bertz CT molecular complexity index is 1690. The second-order valence-electron chi connectivity index (χ2n) is 8.33. The summed E-state index contributed by atoms with van der Waals surface area (Å²) in [6.45, 7) is 1.85. The van der Waals surface area contributed by atoms with Gasteiger partial charge in [0, 0.05) is 0 Å². The van der Waals surface area contributed by atoms with E-state index in [0.717, 1.165) is 16.3 Å². The van der Waals surface area contributed by atoms with Gasteiger partial charge in [-0.15, -0.1) is 0 Å². The van der Waals surface area contributed by atoms with Crippen LogP contribution in [0.5, 0.6) is 5.75 Å². The zero-order valence-electron chi connectivity index (χ0n) is 20.3. The molecule has 0 aliphatic carbocycles. The van der Waals surface area contributed by atoms with Gasteiger partial charge in [0.15, 0.2) is 5.16 Å². The highest BCUT2D eigenvalue weighted by Crippen LogP contribution is 2.23. The minimum absolute atomic E-state index is 0.0371. The molecule has 184 valence electrons. The Morgan fingerprint density at radius 1 is 0.973 bits per heavy atom. The van der Waals surface area contributed by atoms with E-state index in [1.165, 1.54) is 16.3 Å². The number of hydrazone groups is 1. The quantitative estimate of drug-likeness (QED) is 0.142. The monoisotopic (exact) mass is 508 g/mol. The Morgan fingerprint density at radius 3 is 2.49 bits per heavy atom. The highest BCUT2D eigenvalue weighted by molar-refractivity contribution is 7.99. The summed E-state index contributed by atoms with van der Waals surface area (Å²) < 4.78 is 6.76. The van der Waals surface area contributed by atoms with Gasteiger partial charge in [-0.2, -0.15) is 5.10 Å². The lowest BCUT2D eigenvalue weighted by atomic mass is 10.0. The molecule has 1 N–H and O–H groups in total. The van der Waals surface area contributed by atoms with Crippen LogP contribution in [-0.4, -0.2) is 34.0 Å². The maximum atomic E-state index is 13.4. The summed E-state index contributed by atoms with van der Waals surface area (Å²) in [5.41, 5.74) is 5.25. The van der Waals surface area contributed by atoms with E-state index in [1.54, 1.807) is 49.6 Å². The van der Waals surface area contributed by atoms with E-state index in [0.29, 0.717) is 33.2 Å². The van der Waals surface area contributed by atoms with Crippen molar-refractivity contribution in [2.24, 2.45) is 5.10 Å². The average molecular weight is 509 g/mol. The normalized spacial score (nSPS) is 11.6. The molecule has 0 saturated carbocycles. The summed E-state index contributed by atoms with van der Waals surface area (Å²) in [6.07, 6.45) is 0. The summed E-state index contributed by atoms with van der Waals surface area (Å²) in [7, 11) is 1.59. The van der Waals surface area contributed by atoms with E-state index >= 15 is 0 Å². The van der Waals surface area contributed by atoms with Gasteiger partial charge in [-0.3, -0.25) is 14.2 Å². The standard InChI is InChI=1S/C29H24N4O3S/c1-19(21-12-11-20-7-3-4-8-22(20)17-21)31-32-27(34)18-37-29-30-26-10-6-5-9-25(26)28(35)33(29)23-13-15-24(36-2)16-14-23/h3-17H,18H2,1-2H3,(H,32,34)/b31-19+. The summed E-state index contributed by atoms with van der Waals surface area (Å²) in [6, 6.07) is 28.5. The van der Waals surface area contributed by atoms with Gasteiger partial charge in [0.05, 0.1) is 35.2 Å². The Balaban J connectivity index is 1.37. The topological polar surface area (TPSA) is 85.6 Å². The van der Waals surface area contributed by atoms with E-state index in [1.807, 2.05) is 49.4 Å². The first-order chi connectivity index (χ1) is 18.0. The number of nitrogens with zero attached hydrogens (tertiary/aromatic N) is 3. The van der Waals surface area contributed by atoms with Crippen LogP contribution in [0.25, 0.3) is 27.4 Å². The molecular formula is C29H24N4O3S. The van der Waals surface area contributed by atoms with Crippen LogP contribution < -0.4 is 15.7 Å². The summed E-state index contributed by atoms with van der Waals surface area (Å²) >= 11 is 1.18. The number of carbonyl (C=O) groups is 1. The van der Waals surface area contributed by atoms with E-state index in [9.17, 15) is 9.59 Å². The molecule has 0 bridgehead atoms. The zero-order chi connectivity index (χ0) is 25.8. The number of thioether (sulfide) groups is 1. The van der Waals surface area contributed by atoms with Gasteiger partial charge in [-0.05, 0) is 65.7 Å². The molecule has 0 fully saturated rings. The van der Waals surface area contributed by atoms with Crippen molar-refractivity contribution >= 4 is 45.1 Å². The number of fused-ring (bicyclic) bond motifs is 2. The first-order valence-electron chi connectivity index (χ1n) is 11.6. The van der Waals surface area contributed by atoms with Gasteiger partial charge in [0.25, 0.3) is 11.5 Å². The number of carbonyl (C=O) groups excluding carboxylic acids is 1. The minimum Gasteiger partial charge on any atom is -0.497 e. The largest absolute Gasteiger partial charge is 0.497 e. The summed E-state index contributed by atoms with van der Waals surface area (Å²) in [5.74, 6) is 0.419. The van der Waals surface area contributed by atoms with Gasteiger partial charge < -0.3 is 4.74 Å². The molecule has 0 unspecified atom stereocenters. The number of benzene rings is 4. The fourth-order valence-electron chi connectivity index (χ4n) is 3.96. The number of hydrogen-bond donors (Lipinski definition) is 1. The van der Waals surface area contributed by atoms with E-state index in [-0.39, 0.29) is 17.2 Å². The molecule has 7 nitrogen and oxygen atoms in total. The van der Waals surface area contributed by atoms with Crippen LogP contribution in [0.15, 0.2) is 106 Å². The van der Waals surface area contributed by atoms with Crippen molar-refractivity contribution in [1.29, 1.82) is 0 Å². The van der Waals surface area contributed by atoms with Crippen molar-refractivity contribution < 1.29 is 9.53 Å². The molecule has 5 aromatic rings. The van der Waals surface area contributed by atoms with Crippen molar-refractivity contribution in [2.45, 2.75) is 12.1 Å². The molecule has 4 aromatic carbocycles. The van der Waals surface area contributed by atoms with Crippen LogP contribution in [0.2, 0.25) is 0 Å². The van der Waals surface area contributed by atoms with Gasteiger partial charge in [-0.1, -0.05) is 60.3 Å². The maximum Gasteiger partial charge on any atom is 0.266 e. The number of methoxy groups -OCH3 is 1. The summed E-state index contributed by atoms with van der Waals surface area (Å²) in [4.78, 5) is 30.7. The molecule has 37 heavy (non-hydrogen) atoms. The van der Waals surface area contributed by atoms with Crippen LogP contribution in [0, 0.1) is 0 Å². The van der Waals surface area contributed by atoms with Crippen LogP contribution in [0.1, 0.15) is 12.5 Å². The fourth-order valence-corrected chi connectivity index (χ4v) is 4.76. The molecule has 8 heteroatoms. The molecule has 0 radical (unpaired) electrons. The predicted molar refractivity (Wildman–Crippen MR) is 149 cm³/mol. The van der Waals surface area contributed by atoms with Crippen LogP contribution in [0.3, 0.4) is 0 Å². The fraction of sp³-hybridized carbons (Fsp3) is 0.103. The molecule has 1 amide bonds. The van der Waals surface area contributed by atoms with Crippen molar-refractivity contribution in [3.8, 4) is 11.4 Å². The van der Waals surface area contributed by atoms with Crippen molar-refractivity contribution in [3.05, 3.63) is 107 Å². The smallest absolute Gasteiger partial charge is 0.266 e. The second kappa shape index (κ2) is 10.7. The molecule has 1 heterocycles. The molecule has 0 saturated heterocycles. The summed E-state index contributed by atoms with van der Waals surface area (Å²) in [5, 5.41) is 7.45. The third kappa shape index (κ3) is 5.24. The number of para-hydroxylation sites is 1. The number of ether oxygens (including phenoxy) is 1. The van der Waals surface area contributed by atoms with Gasteiger partial charge >= 0.3 is 0 Å². The van der Waals surface area contributed by atoms with E-state index in [4.69, 9.17) is 4.74 Å². The molecule has 5 rings (SSSR count). The maximum absolute atomic E-state index is 13.4. The third-order valence-corrected chi connectivity index (χ3v) is 6.86. The lowest BCUT2D eigenvalue weighted by Gasteiger charge is -2.13. The van der Waals surface area contributed by atoms with Crippen molar-refractivity contribution in [3.63, 3.8) is 0 Å². The van der Waals surface area contributed by atoms with Gasteiger partial charge in [0.1, 0.15) is 5.75 Å². The first-order valence-corrected chi connectivity index (χ1v) is 12.6. The van der Waals surface area contributed by atoms with Crippen LogP contribution in [0.4, 0.5) is 0 Å². The minimum atomic E-state index is -0.297. The van der Waals surface area contributed by atoms with Crippen molar-refractivity contribution in [2.75, 3.05) is 12.9 Å². The number of amides is 1. The van der Waals surface area contributed by atoms with Gasteiger partial charge in [0.2, 0.25) is 0 Å². The molecule has 0 atom stereocenters. The molecule has 1 aromatic heterocycles. The molecular weight excluding hydrogens is 484 g/mol. The molecule has 0 aliphatic rings.